The van der Waals surface area contributed by atoms with Gasteiger partial charge in [0.1, 0.15) is 0 Å². The molecule has 2 N–H and O–H groups in total. The molecule has 0 radical (unpaired) electrons. The first kappa shape index (κ1) is 23.4. The lowest BCUT2D eigenvalue weighted by molar-refractivity contribution is -0.121. The molecule has 32 heavy (non-hydrogen) atoms. The van der Waals surface area contributed by atoms with Gasteiger partial charge in [-0.05, 0) is 29.7 Å². The van der Waals surface area contributed by atoms with Crippen LogP contribution in [0, 0.1) is 0 Å². The van der Waals surface area contributed by atoms with Crippen molar-refractivity contribution in [1.82, 2.24) is 10.0 Å². The summed E-state index contributed by atoms with van der Waals surface area (Å²) in [5.74, 6) is -0.212. The van der Waals surface area contributed by atoms with Gasteiger partial charge in [-0.2, -0.15) is 0 Å². The molecule has 166 valence electrons. The molecule has 0 saturated heterocycles. The molecule has 3 aromatic rings. The molecule has 1 atom stereocenters. The first-order valence-corrected chi connectivity index (χ1v) is 12.1. The Morgan fingerprint density at radius 1 is 0.844 bits per heavy atom. The van der Waals surface area contributed by atoms with Crippen molar-refractivity contribution in [2.45, 2.75) is 25.3 Å². The number of sulfonamides is 1. The van der Waals surface area contributed by atoms with E-state index in [1.807, 2.05) is 97.9 Å². The van der Waals surface area contributed by atoms with Gasteiger partial charge < -0.3 is 5.32 Å². The Hall–Kier alpha value is -3.22. The van der Waals surface area contributed by atoms with Crippen LogP contribution in [0.2, 0.25) is 0 Å². The number of nitrogens with one attached hydrogen (secondary N) is 2. The van der Waals surface area contributed by atoms with E-state index in [1.54, 1.807) is 0 Å². The lowest BCUT2D eigenvalue weighted by Gasteiger charge is -2.26. The average molecular weight is 449 g/mol. The fourth-order valence-electron chi connectivity index (χ4n) is 3.59. The van der Waals surface area contributed by atoms with Gasteiger partial charge in [0.2, 0.25) is 15.9 Å². The van der Waals surface area contributed by atoms with Crippen molar-refractivity contribution in [3.63, 3.8) is 0 Å². The summed E-state index contributed by atoms with van der Waals surface area (Å²) in [6, 6.07) is 29.1. The van der Waals surface area contributed by atoms with Crippen molar-refractivity contribution in [3.8, 4) is 0 Å². The molecule has 6 heteroatoms. The number of benzene rings is 3. The molecule has 0 aliphatic carbocycles. The van der Waals surface area contributed by atoms with E-state index >= 15 is 0 Å². The third kappa shape index (κ3) is 7.18. The molecule has 1 amide bonds. The Morgan fingerprint density at radius 2 is 1.34 bits per heavy atom. The summed E-state index contributed by atoms with van der Waals surface area (Å²) in [5.41, 5.74) is 3.01. The van der Waals surface area contributed by atoms with Crippen molar-refractivity contribution >= 4 is 22.0 Å². The van der Waals surface area contributed by atoms with Crippen LogP contribution in [0.1, 0.15) is 36.0 Å². The number of carbonyl (C=O) groups is 1. The molecule has 0 bridgehead atoms. The van der Waals surface area contributed by atoms with Gasteiger partial charge in [0.25, 0.3) is 0 Å². The van der Waals surface area contributed by atoms with Gasteiger partial charge in [0.05, 0.1) is 0 Å². The largest absolute Gasteiger partial charge is 0.353 e. The van der Waals surface area contributed by atoms with Gasteiger partial charge in [-0.3, -0.25) is 4.79 Å². The number of amides is 1. The normalized spacial score (nSPS) is 12.7. The fourth-order valence-corrected chi connectivity index (χ4v) is 4.41. The number of hydrogen-bond acceptors (Lipinski definition) is 3. The standard InChI is InChI=1S/C26H28N2O3S/c1-21(26(23-13-7-3-8-14-23)24-15-9-4-10-16-24)28-25(29)17-19-27-32(30,31)20-18-22-11-5-2-6-12-22/h2-16,18,20-21,26-27H,17,19H2,1H3,(H,28,29). The highest BCUT2D eigenvalue weighted by atomic mass is 32.2. The molecule has 0 heterocycles. The molecule has 3 rings (SSSR count). The summed E-state index contributed by atoms with van der Waals surface area (Å²) in [5, 5.41) is 4.14. The maximum Gasteiger partial charge on any atom is 0.233 e. The summed E-state index contributed by atoms with van der Waals surface area (Å²) in [7, 11) is -3.62. The zero-order chi connectivity index (χ0) is 22.8. The van der Waals surface area contributed by atoms with Crippen molar-refractivity contribution < 1.29 is 13.2 Å². The minimum Gasteiger partial charge on any atom is -0.353 e. The van der Waals surface area contributed by atoms with Gasteiger partial charge in [0, 0.05) is 30.3 Å². The van der Waals surface area contributed by atoms with Gasteiger partial charge in [-0.25, -0.2) is 13.1 Å². The third-order valence-electron chi connectivity index (χ3n) is 5.10. The maximum absolute atomic E-state index is 12.5. The molecular weight excluding hydrogens is 420 g/mol. The Bertz CT molecular complexity index is 1080. The molecule has 0 fully saturated rings. The summed E-state index contributed by atoms with van der Waals surface area (Å²) in [6.45, 7) is 2.00. The van der Waals surface area contributed by atoms with E-state index in [9.17, 15) is 13.2 Å². The highest BCUT2D eigenvalue weighted by Crippen LogP contribution is 2.27. The van der Waals surface area contributed by atoms with Crippen molar-refractivity contribution in [1.29, 1.82) is 0 Å². The molecule has 0 spiro atoms. The zero-order valence-corrected chi connectivity index (χ0v) is 18.8. The highest BCUT2D eigenvalue weighted by Gasteiger charge is 2.22. The molecule has 0 saturated carbocycles. The van der Waals surface area contributed by atoms with E-state index in [2.05, 4.69) is 10.0 Å². The first-order valence-electron chi connectivity index (χ1n) is 10.6. The minimum atomic E-state index is -3.62. The van der Waals surface area contributed by atoms with E-state index in [4.69, 9.17) is 0 Å². The topological polar surface area (TPSA) is 75.3 Å². The maximum atomic E-state index is 12.5. The SMILES string of the molecule is CC(NC(=O)CCNS(=O)(=O)C=Cc1ccccc1)C(c1ccccc1)c1ccccc1. The second-order valence-corrected chi connectivity index (χ2v) is 9.21. The van der Waals surface area contributed by atoms with Crippen LogP contribution in [-0.4, -0.2) is 26.9 Å². The Morgan fingerprint density at radius 3 is 1.88 bits per heavy atom. The predicted molar refractivity (Wildman–Crippen MR) is 129 cm³/mol. The molecule has 0 aliphatic rings. The molecule has 5 nitrogen and oxygen atoms in total. The van der Waals surface area contributed by atoms with Gasteiger partial charge in [-0.1, -0.05) is 91.0 Å². The summed E-state index contributed by atoms with van der Waals surface area (Å²) in [4.78, 5) is 12.5. The van der Waals surface area contributed by atoms with Gasteiger partial charge in [-0.15, -0.1) is 0 Å². The Labute approximate surface area is 190 Å². The van der Waals surface area contributed by atoms with Gasteiger partial charge >= 0.3 is 0 Å². The summed E-state index contributed by atoms with van der Waals surface area (Å²) >= 11 is 0. The molecule has 0 aromatic heterocycles. The van der Waals surface area contributed by atoms with Crippen molar-refractivity contribution in [2.75, 3.05) is 6.54 Å². The second-order valence-electron chi connectivity index (χ2n) is 7.56. The quantitative estimate of drug-likeness (QED) is 0.485. The van der Waals surface area contributed by atoms with Crippen LogP contribution in [0.5, 0.6) is 0 Å². The van der Waals surface area contributed by atoms with Crippen LogP contribution in [0.15, 0.2) is 96.4 Å². The Balaban J connectivity index is 1.56. The van der Waals surface area contributed by atoms with E-state index < -0.39 is 10.0 Å². The minimum absolute atomic E-state index is 0.00755. The number of hydrogen-bond donors (Lipinski definition) is 2. The lowest BCUT2D eigenvalue weighted by Crippen LogP contribution is -2.39. The monoisotopic (exact) mass is 448 g/mol. The third-order valence-corrected chi connectivity index (χ3v) is 6.20. The first-order chi connectivity index (χ1) is 15.4. The molecule has 0 aliphatic heterocycles. The van der Waals surface area contributed by atoms with Crippen molar-refractivity contribution in [3.05, 3.63) is 113 Å². The van der Waals surface area contributed by atoms with E-state index in [0.717, 1.165) is 22.1 Å². The van der Waals surface area contributed by atoms with Crippen LogP contribution in [0.25, 0.3) is 6.08 Å². The van der Waals surface area contributed by atoms with Crippen LogP contribution in [0.4, 0.5) is 0 Å². The summed E-state index contributed by atoms with van der Waals surface area (Å²) < 4.78 is 26.8. The number of carbonyl (C=O) groups excluding carboxylic acids is 1. The highest BCUT2D eigenvalue weighted by molar-refractivity contribution is 7.92. The van der Waals surface area contributed by atoms with Crippen LogP contribution < -0.4 is 10.0 Å². The lowest BCUT2D eigenvalue weighted by atomic mass is 9.86. The predicted octanol–water partition coefficient (Wildman–Crippen LogP) is 4.30. The van der Waals surface area contributed by atoms with Crippen LogP contribution >= 0.6 is 0 Å². The number of rotatable bonds is 10. The average Bonchev–Trinajstić information content (AvgIpc) is 2.80. The second kappa shape index (κ2) is 11.4. The Kier molecular flexibility index (Phi) is 8.36. The van der Waals surface area contributed by atoms with Crippen molar-refractivity contribution in [2.24, 2.45) is 0 Å². The molecular formula is C26H28N2O3S. The fraction of sp³-hybridized carbons (Fsp3) is 0.192. The van der Waals surface area contributed by atoms with E-state index in [1.165, 1.54) is 6.08 Å². The molecule has 1 unspecified atom stereocenters. The smallest absolute Gasteiger partial charge is 0.233 e. The van der Waals surface area contributed by atoms with Crippen LogP contribution in [0.3, 0.4) is 0 Å². The molecule has 3 aromatic carbocycles. The summed E-state index contributed by atoms with van der Waals surface area (Å²) in [6.07, 6.45) is 1.58. The van der Waals surface area contributed by atoms with E-state index in [-0.39, 0.29) is 30.8 Å². The van der Waals surface area contributed by atoms with Crippen LogP contribution in [-0.2, 0) is 14.8 Å². The zero-order valence-electron chi connectivity index (χ0n) is 18.0. The van der Waals surface area contributed by atoms with Gasteiger partial charge in [0.15, 0.2) is 0 Å². The van der Waals surface area contributed by atoms with E-state index in [0.29, 0.717) is 0 Å².